The van der Waals surface area contributed by atoms with E-state index in [2.05, 4.69) is 19.1 Å². The van der Waals surface area contributed by atoms with Gasteiger partial charge in [0.25, 0.3) is 0 Å². The van der Waals surface area contributed by atoms with E-state index in [1.807, 2.05) is 12.1 Å². The first-order valence-electron chi connectivity index (χ1n) is 16.0. The Hall–Kier alpha value is -2.63. The molecule has 5 rings (SSSR count). The molecule has 41 heavy (non-hydrogen) atoms. The summed E-state index contributed by atoms with van der Waals surface area (Å²) in [5.74, 6) is 0.502. The molecule has 2 aromatic carbocycles. The summed E-state index contributed by atoms with van der Waals surface area (Å²) in [6.45, 7) is 4.40. The van der Waals surface area contributed by atoms with Gasteiger partial charge in [-0.2, -0.15) is 8.78 Å². The predicted octanol–water partition coefficient (Wildman–Crippen LogP) is 9.14. The van der Waals surface area contributed by atoms with Gasteiger partial charge in [0.15, 0.2) is 11.5 Å². The van der Waals surface area contributed by atoms with E-state index >= 15 is 0 Å². The van der Waals surface area contributed by atoms with Crippen molar-refractivity contribution in [3.63, 3.8) is 0 Å². The Morgan fingerprint density at radius 3 is 2.12 bits per heavy atom. The first kappa shape index (κ1) is 29.8. The van der Waals surface area contributed by atoms with Crippen molar-refractivity contribution in [2.24, 2.45) is 23.7 Å². The van der Waals surface area contributed by atoms with E-state index in [0.717, 1.165) is 56.4 Å². The third kappa shape index (κ3) is 7.42. The average Bonchev–Trinajstić information content (AvgIpc) is 3.00. The SMILES string of the molecule is CCCC1CCC(OC(=O)C2CCC3CC(c4ccc(COc5ccc(OCC)c(F)c5F)cc4)CCC3C2)CC1. The number of ether oxygens (including phenoxy) is 3. The van der Waals surface area contributed by atoms with Gasteiger partial charge < -0.3 is 14.2 Å². The molecule has 3 aliphatic carbocycles. The lowest BCUT2D eigenvalue weighted by Crippen LogP contribution is -2.35. The third-order valence-electron chi connectivity index (χ3n) is 9.88. The minimum Gasteiger partial charge on any atom is -0.491 e. The number of hydrogen-bond donors (Lipinski definition) is 0. The van der Waals surface area contributed by atoms with Crippen molar-refractivity contribution in [1.82, 2.24) is 0 Å². The van der Waals surface area contributed by atoms with Crippen LogP contribution in [0.4, 0.5) is 8.78 Å². The molecule has 0 bridgehead atoms. The molecule has 4 atom stereocenters. The monoisotopic (exact) mass is 568 g/mol. The largest absolute Gasteiger partial charge is 0.491 e. The first-order chi connectivity index (χ1) is 19.9. The average molecular weight is 569 g/mol. The van der Waals surface area contributed by atoms with E-state index in [1.54, 1.807) is 6.92 Å². The molecule has 3 saturated carbocycles. The molecule has 3 fully saturated rings. The minimum atomic E-state index is -1.03. The van der Waals surface area contributed by atoms with Gasteiger partial charge in [-0.25, -0.2) is 0 Å². The second-order valence-corrected chi connectivity index (χ2v) is 12.6. The maximum atomic E-state index is 14.3. The van der Waals surface area contributed by atoms with Crippen LogP contribution >= 0.6 is 0 Å². The molecule has 0 spiro atoms. The molecule has 0 heterocycles. The Balaban J connectivity index is 1.07. The minimum absolute atomic E-state index is 0.0650. The zero-order valence-corrected chi connectivity index (χ0v) is 24.7. The van der Waals surface area contributed by atoms with Crippen molar-refractivity contribution in [3.8, 4) is 11.5 Å². The van der Waals surface area contributed by atoms with Gasteiger partial charge in [0.1, 0.15) is 12.7 Å². The van der Waals surface area contributed by atoms with E-state index in [-0.39, 0.29) is 42.7 Å². The van der Waals surface area contributed by atoms with Crippen molar-refractivity contribution >= 4 is 5.97 Å². The highest BCUT2D eigenvalue weighted by Crippen LogP contribution is 2.48. The second kappa shape index (κ2) is 14.0. The van der Waals surface area contributed by atoms with E-state index in [1.165, 1.54) is 49.8 Å². The number of carbonyl (C=O) groups excluding carboxylic acids is 1. The summed E-state index contributed by atoms with van der Waals surface area (Å²) in [6, 6.07) is 11.1. The summed E-state index contributed by atoms with van der Waals surface area (Å²) in [7, 11) is 0. The highest BCUT2D eigenvalue weighted by molar-refractivity contribution is 5.72. The Morgan fingerprint density at radius 2 is 1.44 bits per heavy atom. The van der Waals surface area contributed by atoms with E-state index < -0.39 is 11.6 Å². The number of carbonyl (C=O) groups is 1. The van der Waals surface area contributed by atoms with Gasteiger partial charge >= 0.3 is 5.97 Å². The maximum absolute atomic E-state index is 14.3. The van der Waals surface area contributed by atoms with Crippen LogP contribution in [0.2, 0.25) is 0 Å². The number of benzene rings is 2. The Kier molecular flexibility index (Phi) is 10.2. The number of esters is 1. The second-order valence-electron chi connectivity index (χ2n) is 12.6. The lowest BCUT2D eigenvalue weighted by Gasteiger charge is -2.42. The molecule has 2 aromatic rings. The van der Waals surface area contributed by atoms with Crippen LogP contribution in [0.15, 0.2) is 36.4 Å². The molecule has 3 aliphatic rings. The summed E-state index contributed by atoms with van der Waals surface area (Å²) in [5, 5.41) is 0. The number of fused-ring (bicyclic) bond motifs is 1. The fourth-order valence-electron chi connectivity index (χ4n) is 7.55. The number of halogens is 2. The quantitative estimate of drug-likeness (QED) is 0.268. The van der Waals surface area contributed by atoms with Crippen molar-refractivity contribution in [2.45, 2.75) is 110 Å². The van der Waals surface area contributed by atoms with Crippen LogP contribution in [0.3, 0.4) is 0 Å². The molecule has 224 valence electrons. The van der Waals surface area contributed by atoms with E-state index in [4.69, 9.17) is 14.2 Å². The molecular weight excluding hydrogens is 522 g/mol. The van der Waals surface area contributed by atoms with Crippen LogP contribution in [-0.2, 0) is 16.1 Å². The van der Waals surface area contributed by atoms with Gasteiger partial charge in [-0.1, -0.05) is 44.0 Å². The zero-order valence-electron chi connectivity index (χ0n) is 24.7. The molecule has 0 saturated heterocycles. The van der Waals surface area contributed by atoms with Crippen LogP contribution in [0.25, 0.3) is 0 Å². The molecule has 0 radical (unpaired) electrons. The topological polar surface area (TPSA) is 44.8 Å². The van der Waals surface area contributed by atoms with E-state index in [0.29, 0.717) is 17.8 Å². The summed E-state index contributed by atoms with van der Waals surface area (Å²) >= 11 is 0. The van der Waals surface area contributed by atoms with Gasteiger partial charge in [-0.3, -0.25) is 4.79 Å². The number of rotatable bonds is 10. The highest BCUT2D eigenvalue weighted by atomic mass is 19.2. The Bertz CT molecular complexity index is 1140. The van der Waals surface area contributed by atoms with Crippen LogP contribution in [0, 0.1) is 35.3 Å². The molecule has 4 unspecified atom stereocenters. The molecule has 0 aromatic heterocycles. The molecule has 0 N–H and O–H groups in total. The molecule has 6 heteroatoms. The van der Waals surface area contributed by atoms with Crippen LogP contribution in [0.5, 0.6) is 11.5 Å². The zero-order chi connectivity index (χ0) is 28.8. The third-order valence-corrected chi connectivity index (χ3v) is 9.88. The molecular formula is C35H46F2O4. The Morgan fingerprint density at radius 1 is 0.780 bits per heavy atom. The normalized spacial score (nSPS) is 28.0. The van der Waals surface area contributed by atoms with Crippen LogP contribution < -0.4 is 9.47 Å². The first-order valence-corrected chi connectivity index (χ1v) is 16.0. The molecule has 0 amide bonds. The summed E-state index contributed by atoms with van der Waals surface area (Å²) in [4.78, 5) is 13.0. The molecule has 4 nitrogen and oxygen atoms in total. The standard InChI is InChI=1S/C35H46F2O4/c1-3-5-23-8-16-30(17-9-23)41-35(38)29-15-14-27-20-26(12-13-28(27)21-29)25-10-6-24(7-11-25)22-40-32-19-18-31(39-4-2)33(36)34(32)37/h6-7,10-11,18-19,23,26-30H,3-5,8-9,12-17,20-22H2,1-2H3. The summed E-state index contributed by atoms with van der Waals surface area (Å²) in [5.41, 5.74) is 2.24. The van der Waals surface area contributed by atoms with Crippen molar-refractivity contribution < 1.29 is 27.8 Å². The smallest absolute Gasteiger partial charge is 0.309 e. The van der Waals surface area contributed by atoms with Crippen LogP contribution in [0.1, 0.15) is 108 Å². The van der Waals surface area contributed by atoms with Crippen molar-refractivity contribution in [1.29, 1.82) is 0 Å². The lowest BCUT2D eigenvalue weighted by atomic mass is 9.64. The van der Waals surface area contributed by atoms with Gasteiger partial charge in [-0.15, -0.1) is 0 Å². The van der Waals surface area contributed by atoms with Crippen molar-refractivity contribution in [2.75, 3.05) is 6.61 Å². The summed E-state index contributed by atoms with van der Waals surface area (Å²) < 4.78 is 45.2. The van der Waals surface area contributed by atoms with Gasteiger partial charge in [0.05, 0.1) is 12.5 Å². The van der Waals surface area contributed by atoms with Crippen LogP contribution in [-0.4, -0.2) is 18.7 Å². The lowest BCUT2D eigenvalue weighted by molar-refractivity contribution is -0.158. The number of hydrogen-bond acceptors (Lipinski definition) is 4. The Labute approximate surface area is 244 Å². The summed E-state index contributed by atoms with van der Waals surface area (Å²) in [6.07, 6.45) is 13.7. The van der Waals surface area contributed by atoms with Gasteiger partial charge in [0, 0.05) is 0 Å². The van der Waals surface area contributed by atoms with Gasteiger partial charge in [0.2, 0.25) is 11.6 Å². The van der Waals surface area contributed by atoms with E-state index in [9.17, 15) is 13.6 Å². The maximum Gasteiger partial charge on any atom is 0.309 e. The highest BCUT2D eigenvalue weighted by Gasteiger charge is 2.39. The van der Waals surface area contributed by atoms with Crippen molar-refractivity contribution in [3.05, 3.63) is 59.2 Å². The van der Waals surface area contributed by atoms with Gasteiger partial charge in [-0.05, 0) is 118 Å². The fourth-order valence-corrected chi connectivity index (χ4v) is 7.55. The predicted molar refractivity (Wildman–Crippen MR) is 156 cm³/mol. The fraction of sp³-hybridized carbons (Fsp3) is 0.629. The molecule has 0 aliphatic heterocycles.